The summed E-state index contributed by atoms with van der Waals surface area (Å²) < 4.78 is 7.24. The lowest BCUT2D eigenvalue weighted by Gasteiger charge is -2.30. The van der Waals surface area contributed by atoms with Crippen LogP contribution in [0.25, 0.3) is 5.65 Å². The van der Waals surface area contributed by atoms with Gasteiger partial charge in [-0.1, -0.05) is 6.07 Å². The third-order valence-corrected chi connectivity index (χ3v) is 6.19. The molecule has 4 rings (SSSR count). The van der Waals surface area contributed by atoms with Crippen LogP contribution in [0, 0.1) is 6.92 Å². The normalized spacial score (nSPS) is 22.9. The monoisotopic (exact) mass is 399 g/mol. The molecule has 0 aromatic carbocycles. The van der Waals surface area contributed by atoms with Crippen LogP contribution < -0.4 is 5.32 Å². The zero-order valence-corrected chi connectivity index (χ0v) is 17.1. The zero-order valence-electron chi connectivity index (χ0n) is 17.1. The molecule has 2 aromatic heterocycles. The summed E-state index contributed by atoms with van der Waals surface area (Å²) in [6.07, 6.45) is 4.26. The molecule has 0 unspecified atom stereocenters. The van der Waals surface area contributed by atoms with Gasteiger partial charge in [-0.3, -0.25) is 14.5 Å². The Hall–Kier alpha value is -2.45. The van der Waals surface area contributed by atoms with Crippen LogP contribution in [0.15, 0.2) is 24.4 Å². The van der Waals surface area contributed by atoms with E-state index >= 15 is 0 Å². The molecule has 2 amide bonds. The van der Waals surface area contributed by atoms with Crippen LogP contribution in [-0.4, -0.2) is 83.0 Å². The zero-order chi connectivity index (χ0) is 20.4. The van der Waals surface area contributed by atoms with Crippen molar-refractivity contribution in [3.05, 3.63) is 35.8 Å². The highest BCUT2D eigenvalue weighted by molar-refractivity contribution is 5.92. The number of rotatable bonds is 5. The molecule has 1 N–H and O–H groups in total. The number of imidazole rings is 1. The maximum Gasteiger partial charge on any atom is 0.271 e. The number of morpholine rings is 1. The van der Waals surface area contributed by atoms with Crippen LogP contribution >= 0.6 is 0 Å². The number of amides is 2. The van der Waals surface area contributed by atoms with Gasteiger partial charge in [0.2, 0.25) is 5.91 Å². The molecule has 0 aliphatic carbocycles. The average molecular weight is 399 g/mol. The molecule has 8 nitrogen and oxygen atoms in total. The second-order valence-electron chi connectivity index (χ2n) is 7.98. The Morgan fingerprint density at radius 1 is 1.21 bits per heavy atom. The second kappa shape index (κ2) is 8.51. The Morgan fingerprint density at radius 2 is 1.97 bits per heavy atom. The van der Waals surface area contributed by atoms with Gasteiger partial charge in [0.15, 0.2) is 0 Å². The standard InChI is InChI=1S/C21H29N5O3/c1-15-4-3-5-19-23-18(14-26(15)19)21(28)22-13-17-7-6-16(24(17)2)12-20(27)25-8-10-29-11-9-25/h3-5,14,16-17H,6-13H2,1-2H3,(H,22,28)/t16-,17+/m1/s1. The molecule has 2 aliphatic heterocycles. The van der Waals surface area contributed by atoms with Gasteiger partial charge in [-0.25, -0.2) is 4.98 Å². The molecule has 2 fully saturated rings. The number of nitrogens with zero attached hydrogens (tertiary/aromatic N) is 4. The fraction of sp³-hybridized carbons (Fsp3) is 0.571. The van der Waals surface area contributed by atoms with E-state index in [0.717, 1.165) is 24.2 Å². The van der Waals surface area contributed by atoms with Crippen molar-refractivity contribution in [2.45, 2.75) is 38.3 Å². The van der Waals surface area contributed by atoms with Crippen LogP contribution in [0.3, 0.4) is 0 Å². The Balaban J connectivity index is 1.30. The number of hydrogen-bond donors (Lipinski definition) is 1. The van der Waals surface area contributed by atoms with Gasteiger partial charge in [0.25, 0.3) is 5.91 Å². The summed E-state index contributed by atoms with van der Waals surface area (Å²) in [5, 5.41) is 3.02. The molecule has 0 radical (unpaired) electrons. The van der Waals surface area contributed by atoms with E-state index in [9.17, 15) is 9.59 Å². The number of pyridine rings is 1. The Bertz CT molecular complexity index is 890. The maximum atomic E-state index is 12.6. The maximum absolute atomic E-state index is 12.6. The number of ether oxygens (including phenoxy) is 1. The topological polar surface area (TPSA) is 79.2 Å². The van der Waals surface area contributed by atoms with Crippen molar-refractivity contribution >= 4 is 17.5 Å². The van der Waals surface area contributed by atoms with Crippen LogP contribution in [-0.2, 0) is 9.53 Å². The van der Waals surface area contributed by atoms with Crippen molar-refractivity contribution in [3.63, 3.8) is 0 Å². The summed E-state index contributed by atoms with van der Waals surface area (Å²) >= 11 is 0. The number of aryl methyl sites for hydroxylation is 1. The number of hydrogen-bond acceptors (Lipinski definition) is 5. The molecule has 2 aromatic rings. The summed E-state index contributed by atoms with van der Waals surface area (Å²) in [5.41, 5.74) is 2.24. The van der Waals surface area contributed by atoms with E-state index in [4.69, 9.17) is 4.74 Å². The smallest absolute Gasteiger partial charge is 0.271 e. The third kappa shape index (κ3) is 4.28. The number of fused-ring (bicyclic) bond motifs is 1. The van der Waals surface area contributed by atoms with E-state index < -0.39 is 0 Å². The highest BCUT2D eigenvalue weighted by atomic mass is 16.5. The molecule has 2 aliphatic rings. The minimum atomic E-state index is -0.158. The van der Waals surface area contributed by atoms with Crippen molar-refractivity contribution in [1.29, 1.82) is 0 Å². The molecule has 2 saturated heterocycles. The number of likely N-dealkylation sites (tertiary alicyclic amines) is 1. The minimum Gasteiger partial charge on any atom is -0.378 e. The number of carbonyl (C=O) groups excluding carboxylic acids is 2. The van der Waals surface area contributed by atoms with Crippen LogP contribution in [0.1, 0.15) is 35.4 Å². The van der Waals surface area contributed by atoms with Gasteiger partial charge >= 0.3 is 0 Å². The first-order chi connectivity index (χ1) is 14.0. The Morgan fingerprint density at radius 3 is 2.72 bits per heavy atom. The molecular weight excluding hydrogens is 370 g/mol. The van der Waals surface area contributed by atoms with Crippen molar-refractivity contribution in [2.75, 3.05) is 39.9 Å². The first kappa shape index (κ1) is 19.8. The largest absolute Gasteiger partial charge is 0.378 e. The summed E-state index contributed by atoms with van der Waals surface area (Å²) in [4.78, 5) is 33.7. The number of likely N-dealkylation sites (N-methyl/N-ethyl adjacent to an activating group) is 1. The first-order valence-corrected chi connectivity index (χ1v) is 10.3. The van der Waals surface area contributed by atoms with Gasteiger partial charge < -0.3 is 19.4 Å². The third-order valence-electron chi connectivity index (χ3n) is 6.19. The lowest BCUT2D eigenvalue weighted by atomic mass is 10.1. The van der Waals surface area contributed by atoms with Gasteiger partial charge in [-0.2, -0.15) is 0 Å². The van der Waals surface area contributed by atoms with Crippen molar-refractivity contribution in [3.8, 4) is 0 Å². The van der Waals surface area contributed by atoms with E-state index in [1.54, 1.807) is 6.20 Å². The van der Waals surface area contributed by atoms with Gasteiger partial charge in [0, 0.05) is 50.0 Å². The van der Waals surface area contributed by atoms with E-state index in [2.05, 4.69) is 22.2 Å². The lowest BCUT2D eigenvalue weighted by molar-refractivity contribution is -0.136. The number of nitrogens with one attached hydrogen (secondary N) is 1. The van der Waals surface area contributed by atoms with E-state index in [1.807, 2.05) is 34.4 Å². The van der Waals surface area contributed by atoms with Crippen molar-refractivity contribution < 1.29 is 14.3 Å². The highest BCUT2D eigenvalue weighted by Gasteiger charge is 2.33. The fourth-order valence-corrected chi connectivity index (χ4v) is 4.28. The predicted octanol–water partition coefficient (Wildman–Crippen LogP) is 1.08. The van der Waals surface area contributed by atoms with Crippen molar-refractivity contribution in [2.24, 2.45) is 0 Å². The van der Waals surface area contributed by atoms with Crippen LogP contribution in [0.2, 0.25) is 0 Å². The first-order valence-electron chi connectivity index (χ1n) is 10.3. The summed E-state index contributed by atoms with van der Waals surface area (Å²) in [5.74, 6) is 0.0456. The van der Waals surface area contributed by atoms with E-state index in [0.29, 0.717) is 45.0 Å². The fourth-order valence-electron chi connectivity index (χ4n) is 4.28. The molecule has 2 atom stereocenters. The molecule has 4 heterocycles. The van der Waals surface area contributed by atoms with Crippen LogP contribution in [0.4, 0.5) is 0 Å². The predicted molar refractivity (Wildman–Crippen MR) is 109 cm³/mol. The molecule has 0 bridgehead atoms. The molecule has 29 heavy (non-hydrogen) atoms. The second-order valence-corrected chi connectivity index (χ2v) is 7.98. The van der Waals surface area contributed by atoms with E-state index in [-0.39, 0.29) is 23.9 Å². The number of carbonyl (C=O) groups is 2. The molecule has 8 heteroatoms. The van der Waals surface area contributed by atoms with Gasteiger partial charge in [-0.15, -0.1) is 0 Å². The average Bonchev–Trinajstić information content (AvgIpc) is 3.32. The Labute approximate surface area is 170 Å². The SMILES string of the molecule is Cc1cccc2nc(C(=O)NC[C@@H]3CC[C@H](CC(=O)N4CCOCC4)N3C)cn12. The highest BCUT2D eigenvalue weighted by Crippen LogP contribution is 2.25. The summed E-state index contributed by atoms with van der Waals surface area (Å²) in [6, 6.07) is 6.28. The number of aromatic nitrogens is 2. The quantitative estimate of drug-likeness (QED) is 0.814. The molecule has 0 saturated carbocycles. The lowest BCUT2D eigenvalue weighted by Crippen LogP contribution is -2.45. The summed E-state index contributed by atoms with van der Waals surface area (Å²) in [6.45, 7) is 5.18. The van der Waals surface area contributed by atoms with Gasteiger partial charge in [0.1, 0.15) is 11.3 Å². The Kier molecular flexibility index (Phi) is 5.82. The van der Waals surface area contributed by atoms with Gasteiger partial charge in [-0.05, 0) is 38.9 Å². The van der Waals surface area contributed by atoms with Crippen LogP contribution in [0.5, 0.6) is 0 Å². The van der Waals surface area contributed by atoms with Gasteiger partial charge in [0.05, 0.1) is 13.2 Å². The van der Waals surface area contributed by atoms with Crippen molar-refractivity contribution in [1.82, 2.24) is 24.5 Å². The van der Waals surface area contributed by atoms with E-state index in [1.165, 1.54) is 0 Å². The molecule has 156 valence electrons. The minimum absolute atomic E-state index is 0.158. The summed E-state index contributed by atoms with van der Waals surface area (Å²) in [7, 11) is 2.05. The molecule has 0 spiro atoms. The molecular formula is C21H29N5O3.